The van der Waals surface area contributed by atoms with Gasteiger partial charge in [0.05, 0.1) is 5.39 Å². The maximum absolute atomic E-state index is 4.56. The molecule has 0 aliphatic heterocycles. The summed E-state index contributed by atoms with van der Waals surface area (Å²) < 4.78 is 1.99. The van der Waals surface area contributed by atoms with Crippen LogP contribution in [0.2, 0.25) is 0 Å². The van der Waals surface area contributed by atoms with Crippen molar-refractivity contribution in [3.8, 4) is 11.1 Å². The van der Waals surface area contributed by atoms with E-state index in [4.69, 9.17) is 0 Å². The normalized spacial score (nSPS) is 11.5. The Labute approximate surface area is 126 Å². The zero-order valence-electron chi connectivity index (χ0n) is 11.9. The molecule has 4 nitrogen and oxygen atoms in total. The van der Waals surface area contributed by atoms with Gasteiger partial charge < -0.3 is 0 Å². The molecule has 4 rings (SSSR count). The third kappa shape index (κ3) is 1.85. The number of benzene rings is 1. The van der Waals surface area contributed by atoms with Crippen LogP contribution in [-0.2, 0) is 6.42 Å². The van der Waals surface area contributed by atoms with Crippen molar-refractivity contribution >= 4 is 27.2 Å². The fourth-order valence-corrected chi connectivity index (χ4v) is 3.48. The lowest BCUT2D eigenvalue weighted by molar-refractivity contribution is 0.900. The van der Waals surface area contributed by atoms with Crippen LogP contribution >= 0.6 is 11.3 Å². The molecule has 0 N–H and O–H groups in total. The van der Waals surface area contributed by atoms with Crippen molar-refractivity contribution in [3.05, 3.63) is 47.4 Å². The molecule has 0 aliphatic rings. The number of fused-ring (bicyclic) bond motifs is 3. The topological polar surface area (TPSA) is 43.1 Å². The molecule has 5 heteroatoms. The average molecular weight is 294 g/mol. The van der Waals surface area contributed by atoms with E-state index in [9.17, 15) is 0 Å². The van der Waals surface area contributed by atoms with E-state index in [0.717, 1.165) is 28.1 Å². The van der Waals surface area contributed by atoms with Gasteiger partial charge in [0.2, 0.25) is 0 Å². The fourth-order valence-electron chi connectivity index (χ4n) is 2.57. The van der Waals surface area contributed by atoms with E-state index in [1.54, 1.807) is 11.3 Å². The van der Waals surface area contributed by atoms with Crippen LogP contribution in [0.1, 0.15) is 18.3 Å². The fraction of sp³-hybridized carbons (Fsp3) is 0.188. The molecule has 0 bridgehead atoms. The van der Waals surface area contributed by atoms with Gasteiger partial charge in [0, 0.05) is 17.4 Å². The van der Waals surface area contributed by atoms with Gasteiger partial charge in [-0.15, -0.1) is 21.5 Å². The lowest BCUT2D eigenvalue weighted by Gasteiger charge is -2.02. The van der Waals surface area contributed by atoms with Crippen LogP contribution in [-0.4, -0.2) is 19.6 Å². The number of rotatable bonds is 2. The molecule has 3 aromatic heterocycles. The minimum absolute atomic E-state index is 0.846. The van der Waals surface area contributed by atoms with Gasteiger partial charge in [0.25, 0.3) is 0 Å². The first-order valence-corrected chi connectivity index (χ1v) is 7.82. The molecule has 0 spiro atoms. The summed E-state index contributed by atoms with van der Waals surface area (Å²) in [4.78, 5) is 5.56. The molecule has 0 saturated carbocycles. The van der Waals surface area contributed by atoms with E-state index in [-0.39, 0.29) is 0 Å². The largest absolute Gasteiger partial charge is 0.269 e. The Balaban J connectivity index is 2.05. The van der Waals surface area contributed by atoms with Crippen LogP contribution < -0.4 is 0 Å². The standard InChI is InChI=1S/C16H14N4S/c1-3-13-18-19-15-14-12(11-6-4-10(2)5-7-11)8-21-16(14)17-9-20(13)15/h4-9H,3H2,1-2H3. The Bertz CT molecular complexity index is 934. The highest BCUT2D eigenvalue weighted by molar-refractivity contribution is 7.17. The van der Waals surface area contributed by atoms with E-state index < -0.39 is 0 Å². The summed E-state index contributed by atoms with van der Waals surface area (Å²) in [5.74, 6) is 0.945. The number of aryl methyl sites for hydroxylation is 2. The highest BCUT2D eigenvalue weighted by atomic mass is 32.1. The Morgan fingerprint density at radius 3 is 2.71 bits per heavy atom. The van der Waals surface area contributed by atoms with Gasteiger partial charge >= 0.3 is 0 Å². The second-order valence-corrected chi connectivity index (χ2v) is 5.96. The molecule has 0 amide bonds. The number of hydrogen-bond donors (Lipinski definition) is 0. The maximum Gasteiger partial charge on any atom is 0.173 e. The minimum Gasteiger partial charge on any atom is -0.269 e. The SMILES string of the molecule is CCc1nnc2c3c(-c4ccc(C)cc4)csc3ncn12. The van der Waals surface area contributed by atoms with Gasteiger partial charge in [-0.1, -0.05) is 36.8 Å². The highest BCUT2D eigenvalue weighted by Gasteiger charge is 2.14. The maximum atomic E-state index is 4.56. The molecule has 1 aromatic carbocycles. The van der Waals surface area contributed by atoms with Crippen LogP contribution in [0.4, 0.5) is 0 Å². The number of aromatic nitrogens is 4. The monoisotopic (exact) mass is 294 g/mol. The van der Waals surface area contributed by atoms with E-state index in [0.29, 0.717) is 0 Å². The molecule has 0 atom stereocenters. The second kappa shape index (κ2) is 4.63. The van der Waals surface area contributed by atoms with Gasteiger partial charge in [0.15, 0.2) is 5.65 Å². The van der Waals surface area contributed by atoms with Crippen molar-refractivity contribution < 1.29 is 0 Å². The summed E-state index contributed by atoms with van der Waals surface area (Å²) in [5, 5.41) is 11.9. The van der Waals surface area contributed by atoms with Crippen molar-refractivity contribution in [2.75, 3.05) is 0 Å². The van der Waals surface area contributed by atoms with Crippen LogP contribution in [0, 0.1) is 6.92 Å². The third-order valence-corrected chi connectivity index (χ3v) is 4.62. The summed E-state index contributed by atoms with van der Waals surface area (Å²) in [6, 6.07) is 8.57. The third-order valence-electron chi connectivity index (χ3n) is 3.73. The van der Waals surface area contributed by atoms with Crippen molar-refractivity contribution in [3.63, 3.8) is 0 Å². The molecular weight excluding hydrogens is 280 g/mol. The predicted octanol–water partition coefficient (Wildman–Crippen LogP) is 3.88. The second-order valence-electron chi connectivity index (χ2n) is 5.10. The van der Waals surface area contributed by atoms with Gasteiger partial charge in [-0.2, -0.15) is 0 Å². The molecule has 0 radical (unpaired) electrons. The Kier molecular flexibility index (Phi) is 2.75. The molecule has 0 saturated heterocycles. The smallest absolute Gasteiger partial charge is 0.173 e. The summed E-state index contributed by atoms with van der Waals surface area (Å²) in [6.07, 6.45) is 2.67. The predicted molar refractivity (Wildman–Crippen MR) is 85.7 cm³/mol. The van der Waals surface area contributed by atoms with E-state index in [1.807, 2.05) is 10.7 Å². The van der Waals surface area contributed by atoms with Crippen molar-refractivity contribution in [1.29, 1.82) is 0 Å². The van der Waals surface area contributed by atoms with Crippen LogP contribution in [0.3, 0.4) is 0 Å². The van der Waals surface area contributed by atoms with Crippen LogP contribution in [0.25, 0.3) is 27.0 Å². The van der Waals surface area contributed by atoms with Gasteiger partial charge in [0.1, 0.15) is 17.0 Å². The summed E-state index contributed by atoms with van der Waals surface area (Å²) in [7, 11) is 0. The molecule has 0 fully saturated rings. The molecule has 3 heterocycles. The lowest BCUT2D eigenvalue weighted by atomic mass is 10.0. The summed E-state index contributed by atoms with van der Waals surface area (Å²) >= 11 is 1.65. The van der Waals surface area contributed by atoms with Crippen LogP contribution in [0.5, 0.6) is 0 Å². The zero-order valence-corrected chi connectivity index (χ0v) is 12.7. The zero-order chi connectivity index (χ0) is 14.4. The summed E-state index contributed by atoms with van der Waals surface area (Å²) in [6.45, 7) is 4.18. The Morgan fingerprint density at radius 2 is 1.95 bits per heavy atom. The first-order chi connectivity index (χ1) is 10.3. The Hall–Kier alpha value is -2.27. The van der Waals surface area contributed by atoms with Crippen molar-refractivity contribution in [1.82, 2.24) is 19.6 Å². The molecular formula is C16H14N4S. The molecule has 21 heavy (non-hydrogen) atoms. The van der Waals surface area contributed by atoms with Crippen molar-refractivity contribution in [2.45, 2.75) is 20.3 Å². The molecule has 0 aliphatic carbocycles. The molecule has 4 aromatic rings. The number of hydrogen-bond acceptors (Lipinski definition) is 4. The summed E-state index contributed by atoms with van der Waals surface area (Å²) in [5.41, 5.74) is 4.54. The lowest BCUT2D eigenvalue weighted by Crippen LogP contribution is -1.93. The number of nitrogens with zero attached hydrogens (tertiary/aromatic N) is 4. The first-order valence-electron chi connectivity index (χ1n) is 6.94. The van der Waals surface area contributed by atoms with E-state index >= 15 is 0 Å². The quantitative estimate of drug-likeness (QED) is 0.563. The number of thiophene rings is 1. The van der Waals surface area contributed by atoms with Gasteiger partial charge in [-0.25, -0.2) is 4.98 Å². The first kappa shape index (κ1) is 12.5. The average Bonchev–Trinajstić information content (AvgIpc) is 3.10. The van der Waals surface area contributed by atoms with Gasteiger partial charge in [-0.05, 0) is 12.5 Å². The molecule has 104 valence electrons. The molecule has 0 unspecified atom stereocenters. The van der Waals surface area contributed by atoms with Crippen LogP contribution in [0.15, 0.2) is 36.0 Å². The van der Waals surface area contributed by atoms with Gasteiger partial charge in [-0.3, -0.25) is 4.40 Å². The Morgan fingerprint density at radius 1 is 1.14 bits per heavy atom. The highest BCUT2D eigenvalue weighted by Crippen LogP contribution is 2.35. The van der Waals surface area contributed by atoms with E-state index in [2.05, 4.69) is 58.7 Å². The van der Waals surface area contributed by atoms with E-state index in [1.165, 1.54) is 16.7 Å². The minimum atomic E-state index is 0.846. The van der Waals surface area contributed by atoms with Crippen molar-refractivity contribution in [2.24, 2.45) is 0 Å².